The molecule has 0 spiro atoms. The standard InChI is InChI=1S/C20H24N2O2S/c23-20(12-18-15-25-11-10-21-18)22-13-16-6-8-17(9-7-16)14-24-19-4-2-1-3-5-19/h1-9,18,21H,10-15H2,(H,22,23). The molecule has 25 heavy (non-hydrogen) atoms. The van der Waals surface area contributed by atoms with Crippen LogP contribution in [0.5, 0.6) is 5.75 Å². The Labute approximate surface area is 153 Å². The predicted molar refractivity (Wildman–Crippen MR) is 103 cm³/mol. The van der Waals surface area contributed by atoms with Gasteiger partial charge in [-0.15, -0.1) is 0 Å². The number of ether oxygens (including phenoxy) is 1. The summed E-state index contributed by atoms with van der Waals surface area (Å²) in [5.74, 6) is 3.13. The molecule has 1 fully saturated rings. The molecule has 132 valence electrons. The molecule has 1 aliphatic rings. The van der Waals surface area contributed by atoms with E-state index in [-0.39, 0.29) is 5.91 Å². The van der Waals surface area contributed by atoms with E-state index in [9.17, 15) is 4.79 Å². The first-order valence-corrected chi connectivity index (χ1v) is 9.78. The first-order chi connectivity index (χ1) is 12.3. The van der Waals surface area contributed by atoms with Crippen molar-refractivity contribution in [3.05, 3.63) is 65.7 Å². The van der Waals surface area contributed by atoms with Crippen molar-refractivity contribution in [3.63, 3.8) is 0 Å². The second kappa shape index (κ2) is 9.49. The third-order valence-corrected chi connectivity index (χ3v) is 5.22. The van der Waals surface area contributed by atoms with Crippen LogP contribution in [0.15, 0.2) is 54.6 Å². The smallest absolute Gasteiger partial charge is 0.221 e. The minimum absolute atomic E-state index is 0.108. The molecule has 2 aromatic rings. The molecular weight excluding hydrogens is 332 g/mol. The Morgan fingerprint density at radius 2 is 1.88 bits per heavy atom. The highest BCUT2D eigenvalue weighted by atomic mass is 32.2. The summed E-state index contributed by atoms with van der Waals surface area (Å²) in [7, 11) is 0. The Bertz CT molecular complexity index is 655. The molecule has 5 heteroatoms. The lowest BCUT2D eigenvalue weighted by atomic mass is 10.1. The van der Waals surface area contributed by atoms with Crippen LogP contribution in [0.4, 0.5) is 0 Å². The third kappa shape index (κ3) is 6.11. The van der Waals surface area contributed by atoms with Gasteiger partial charge in [0.2, 0.25) is 5.91 Å². The van der Waals surface area contributed by atoms with Crippen molar-refractivity contribution < 1.29 is 9.53 Å². The molecule has 0 radical (unpaired) electrons. The van der Waals surface area contributed by atoms with Crippen LogP contribution in [0, 0.1) is 0 Å². The van der Waals surface area contributed by atoms with E-state index in [4.69, 9.17) is 4.74 Å². The summed E-state index contributed by atoms with van der Waals surface area (Å²) in [4.78, 5) is 12.0. The number of rotatable bonds is 7. The lowest BCUT2D eigenvalue weighted by Crippen LogP contribution is -2.41. The summed E-state index contributed by atoms with van der Waals surface area (Å²) in [6, 6.07) is 18.3. The van der Waals surface area contributed by atoms with Gasteiger partial charge in [0.1, 0.15) is 12.4 Å². The summed E-state index contributed by atoms with van der Waals surface area (Å²) in [6.45, 7) is 2.11. The Morgan fingerprint density at radius 3 is 2.60 bits per heavy atom. The first-order valence-electron chi connectivity index (χ1n) is 8.63. The number of hydrogen-bond acceptors (Lipinski definition) is 4. The fourth-order valence-electron chi connectivity index (χ4n) is 2.68. The van der Waals surface area contributed by atoms with Crippen LogP contribution in [0.3, 0.4) is 0 Å². The van der Waals surface area contributed by atoms with Crippen molar-refractivity contribution in [3.8, 4) is 5.75 Å². The quantitative estimate of drug-likeness (QED) is 0.801. The number of nitrogens with one attached hydrogen (secondary N) is 2. The van der Waals surface area contributed by atoms with Crippen molar-refractivity contribution in [1.82, 2.24) is 10.6 Å². The number of amides is 1. The van der Waals surface area contributed by atoms with Gasteiger partial charge in [0.15, 0.2) is 0 Å². The maximum absolute atomic E-state index is 12.0. The van der Waals surface area contributed by atoms with E-state index in [0.717, 1.165) is 34.9 Å². The van der Waals surface area contributed by atoms with E-state index in [1.807, 2.05) is 66.4 Å². The molecule has 0 bridgehead atoms. The minimum atomic E-state index is 0.108. The number of hydrogen-bond donors (Lipinski definition) is 2. The van der Waals surface area contributed by atoms with Gasteiger partial charge in [-0.05, 0) is 23.3 Å². The molecule has 1 heterocycles. The largest absolute Gasteiger partial charge is 0.489 e. The predicted octanol–water partition coefficient (Wildman–Crippen LogP) is 2.98. The van der Waals surface area contributed by atoms with E-state index >= 15 is 0 Å². The average Bonchev–Trinajstić information content (AvgIpc) is 2.67. The minimum Gasteiger partial charge on any atom is -0.489 e. The van der Waals surface area contributed by atoms with Gasteiger partial charge in [0.25, 0.3) is 0 Å². The van der Waals surface area contributed by atoms with Crippen LogP contribution >= 0.6 is 11.8 Å². The molecule has 1 unspecified atom stereocenters. The molecule has 0 aromatic heterocycles. The van der Waals surface area contributed by atoms with Crippen molar-refractivity contribution in [2.45, 2.75) is 25.6 Å². The highest BCUT2D eigenvalue weighted by Crippen LogP contribution is 2.13. The Balaban J connectivity index is 1.40. The van der Waals surface area contributed by atoms with Crippen molar-refractivity contribution in [1.29, 1.82) is 0 Å². The van der Waals surface area contributed by atoms with Gasteiger partial charge < -0.3 is 15.4 Å². The van der Waals surface area contributed by atoms with E-state index < -0.39 is 0 Å². The third-order valence-electron chi connectivity index (χ3n) is 4.09. The summed E-state index contributed by atoms with van der Waals surface area (Å²) in [6.07, 6.45) is 0.552. The van der Waals surface area contributed by atoms with Crippen LogP contribution < -0.4 is 15.4 Å². The van der Waals surface area contributed by atoms with Crippen LogP contribution in [0.2, 0.25) is 0 Å². The summed E-state index contributed by atoms with van der Waals surface area (Å²) >= 11 is 1.91. The number of thioether (sulfide) groups is 1. The average molecular weight is 356 g/mol. The van der Waals surface area contributed by atoms with E-state index in [1.165, 1.54) is 0 Å². The molecule has 3 rings (SSSR count). The number of benzene rings is 2. The molecule has 2 N–H and O–H groups in total. The molecule has 0 saturated carbocycles. The Kier molecular flexibility index (Phi) is 6.77. The monoisotopic (exact) mass is 356 g/mol. The molecule has 1 saturated heterocycles. The fourth-order valence-corrected chi connectivity index (χ4v) is 3.63. The molecular formula is C20H24N2O2S. The number of para-hydroxylation sites is 1. The molecule has 1 aliphatic heterocycles. The molecule has 1 atom stereocenters. The molecule has 4 nitrogen and oxygen atoms in total. The fraction of sp³-hybridized carbons (Fsp3) is 0.350. The van der Waals surface area contributed by atoms with Gasteiger partial charge in [0.05, 0.1) is 0 Å². The van der Waals surface area contributed by atoms with Gasteiger partial charge in [0, 0.05) is 37.1 Å². The zero-order valence-corrected chi connectivity index (χ0v) is 15.1. The number of carbonyl (C=O) groups excluding carboxylic acids is 1. The maximum Gasteiger partial charge on any atom is 0.221 e. The zero-order valence-electron chi connectivity index (χ0n) is 14.2. The Hall–Kier alpha value is -1.98. The van der Waals surface area contributed by atoms with Gasteiger partial charge in [-0.1, -0.05) is 42.5 Å². The first kappa shape index (κ1) is 17.8. The molecule has 1 amide bonds. The maximum atomic E-state index is 12.0. The topological polar surface area (TPSA) is 50.4 Å². The highest BCUT2D eigenvalue weighted by molar-refractivity contribution is 7.99. The lowest BCUT2D eigenvalue weighted by molar-refractivity contribution is -0.121. The van der Waals surface area contributed by atoms with Crippen LogP contribution in [0.25, 0.3) is 0 Å². The lowest BCUT2D eigenvalue weighted by Gasteiger charge is -2.22. The van der Waals surface area contributed by atoms with Gasteiger partial charge in [-0.25, -0.2) is 0 Å². The number of carbonyl (C=O) groups is 1. The molecule has 2 aromatic carbocycles. The summed E-state index contributed by atoms with van der Waals surface area (Å²) in [5.41, 5.74) is 2.21. The zero-order chi connectivity index (χ0) is 17.3. The van der Waals surface area contributed by atoms with Crippen molar-refractivity contribution in [2.24, 2.45) is 0 Å². The summed E-state index contributed by atoms with van der Waals surface area (Å²) in [5, 5.41) is 6.39. The normalized spacial score (nSPS) is 17.0. The second-order valence-electron chi connectivity index (χ2n) is 6.13. The van der Waals surface area contributed by atoms with Gasteiger partial charge in [-0.2, -0.15) is 11.8 Å². The summed E-state index contributed by atoms with van der Waals surface area (Å²) < 4.78 is 5.74. The van der Waals surface area contributed by atoms with Gasteiger partial charge >= 0.3 is 0 Å². The van der Waals surface area contributed by atoms with Crippen LogP contribution in [0.1, 0.15) is 17.5 Å². The SMILES string of the molecule is O=C(CC1CSCCN1)NCc1ccc(COc2ccccc2)cc1. The second-order valence-corrected chi connectivity index (χ2v) is 7.27. The van der Waals surface area contributed by atoms with E-state index in [0.29, 0.717) is 25.6 Å². The van der Waals surface area contributed by atoms with Crippen LogP contribution in [-0.4, -0.2) is 30.0 Å². The van der Waals surface area contributed by atoms with Gasteiger partial charge in [-0.3, -0.25) is 4.79 Å². The van der Waals surface area contributed by atoms with E-state index in [2.05, 4.69) is 10.6 Å². The molecule has 0 aliphatic carbocycles. The Morgan fingerprint density at radius 1 is 1.12 bits per heavy atom. The van der Waals surface area contributed by atoms with E-state index in [1.54, 1.807) is 0 Å². The van der Waals surface area contributed by atoms with Crippen LogP contribution in [-0.2, 0) is 17.9 Å². The highest BCUT2D eigenvalue weighted by Gasteiger charge is 2.16. The van der Waals surface area contributed by atoms with Crippen molar-refractivity contribution >= 4 is 17.7 Å². The van der Waals surface area contributed by atoms with Crippen molar-refractivity contribution in [2.75, 3.05) is 18.1 Å².